The number of thiazole rings is 1. The minimum Gasteiger partial charge on any atom is -0.265 e. The Hall–Kier alpha value is -2.09. The summed E-state index contributed by atoms with van der Waals surface area (Å²) in [5.41, 5.74) is 2.56. The molecule has 0 amide bonds. The molecule has 0 unspecified atom stereocenters. The van der Waals surface area contributed by atoms with Crippen LogP contribution in [0.5, 0.6) is 0 Å². The molecule has 0 aliphatic rings. The lowest BCUT2D eigenvalue weighted by molar-refractivity contribution is 0.580. The molecule has 2 heterocycles. The summed E-state index contributed by atoms with van der Waals surface area (Å²) in [4.78, 5) is 8.42. The van der Waals surface area contributed by atoms with Crippen molar-refractivity contribution in [1.82, 2.24) is 14.7 Å². The van der Waals surface area contributed by atoms with Gasteiger partial charge in [-0.25, -0.2) is 18.1 Å². The fourth-order valence-electron chi connectivity index (χ4n) is 2.06. The second-order valence-electron chi connectivity index (χ2n) is 4.93. The molecular formula is C16H15N3O2S2. The number of hydrogen-bond acceptors (Lipinski definition) is 5. The molecule has 3 rings (SSSR count). The minimum atomic E-state index is -3.38. The Morgan fingerprint density at radius 3 is 2.52 bits per heavy atom. The number of nitrogens with zero attached hydrogens (tertiary/aromatic N) is 2. The zero-order valence-corrected chi connectivity index (χ0v) is 13.8. The number of aromatic nitrogens is 2. The Morgan fingerprint density at radius 2 is 1.78 bits per heavy atom. The molecule has 0 atom stereocenters. The van der Waals surface area contributed by atoms with E-state index in [1.807, 2.05) is 35.7 Å². The van der Waals surface area contributed by atoms with E-state index in [2.05, 4.69) is 14.7 Å². The van der Waals surface area contributed by atoms with E-state index in [1.54, 1.807) is 24.5 Å². The zero-order valence-electron chi connectivity index (χ0n) is 12.2. The molecule has 3 aromatic rings. The highest BCUT2D eigenvalue weighted by atomic mass is 32.2. The molecule has 118 valence electrons. The lowest BCUT2D eigenvalue weighted by Crippen LogP contribution is -2.24. The number of rotatable bonds is 6. The maximum Gasteiger partial charge on any atom is 0.216 e. The van der Waals surface area contributed by atoms with E-state index in [-0.39, 0.29) is 12.3 Å². The van der Waals surface area contributed by atoms with Crippen molar-refractivity contribution in [2.24, 2.45) is 0 Å². The van der Waals surface area contributed by atoms with Gasteiger partial charge in [0.2, 0.25) is 10.0 Å². The van der Waals surface area contributed by atoms with Crippen LogP contribution in [0.15, 0.2) is 60.2 Å². The largest absolute Gasteiger partial charge is 0.265 e. The van der Waals surface area contributed by atoms with Crippen LogP contribution in [0.1, 0.15) is 10.6 Å². The monoisotopic (exact) mass is 345 g/mol. The van der Waals surface area contributed by atoms with E-state index in [9.17, 15) is 8.42 Å². The van der Waals surface area contributed by atoms with Gasteiger partial charge in [-0.1, -0.05) is 30.3 Å². The van der Waals surface area contributed by atoms with Crippen molar-refractivity contribution >= 4 is 21.4 Å². The molecule has 0 spiro atoms. The third-order valence-corrected chi connectivity index (χ3v) is 5.32. The first kappa shape index (κ1) is 15.8. The molecule has 0 saturated carbocycles. The van der Waals surface area contributed by atoms with Crippen molar-refractivity contribution < 1.29 is 8.42 Å². The van der Waals surface area contributed by atoms with E-state index in [4.69, 9.17) is 0 Å². The van der Waals surface area contributed by atoms with Crippen LogP contribution in [-0.2, 0) is 22.3 Å². The number of pyridine rings is 1. The summed E-state index contributed by atoms with van der Waals surface area (Å²) in [5, 5.41) is 2.64. The molecule has 0 saturated heterocycles. The molecule has 2 aromatic heterocycles. The zero-order chi connectivity index (χ0) is 16.1. The Morgan fingerprint density at radius 1 is 1.04 bits per heavy atom. The topological polar surface area (TPSA) is 72.0 Å². The van der Waals surface area contributed by atoms with Crippen LogP contribution in [0, 0.1) is 0 Å². The van der Waals surface area contributed by atoms with Gasteiger partial charge in [-0.2, -0.15) is 0 Å². The Balaban J connectivity index is 1.63. The molecule has 1 aromatic carbocycles. The van der Waals surface area contributed by atoms with Crippen LogP contribution in [0.4, 0.5) is 0 Å². The SMILES string of the molecule is O=S(=O)(Cc1ccccc1)NCc1nc(-c2ccncc2)cs1. The predicted octanol–water partition coefficient (Wildman–Crippen LogP) is 2.82. The van der Waals surface area contributed by atoms with Crippen molar-refractivity contribution in [1.29, 1.82) is 0 Å². The normalized spacial score (nSPS) is 11.5. The minimum absolute atomic E-state index is 0.0313. The van der Waals surface area contributed by atoms with Crippen LogP contribution in [0.25, 0.3) is 11.3 Å². The quantitative estimate of drug-likeness (QED) is 0.746. The van der Waals surface area contributed by atoms with E-state index in [0.717, 1.165) is 21.8 Å². The second-order valence-corrected chi connectivity index (χ2v) is 7.68. The number of hydrogen-bond donors (Lipinski definition) is 1. The molecule has 23 heavy (non-hydrogen) atoms. The van der Waals surface area contributed by atoms with Gasteiger partial charge in [-0.15, -0.1) is 11.3 Å². The summed E-state index contributed by atoms with van der Waals surface area (Å²) in [7, 11) is -3.38. The van der Waals surface area contributed by atoms with Crippen molar-refractivity contribution in [2.75, 3.05) is 0 Å². The standard InChI is InChI=1S/C16H15N3O2S2/c20-23(21,12-13-4-2-1-3-5-13)18-10-16-19-15(11-22-16)14-6-8-17-9-7-14/h1-9,11,18H,10,12H2. The maximum atomic E-state index is 12.1. The van der Waals surface area contributed by atoms with Crippen molar-refractivity contribution in [3.63, 3.8) is 0 Å². The van der Waals surface area contributed by atoms with Crippen LogP contribution < -0.4 is 4.72 Å². The third-order valence-electron chi connectivity index (χ3n) is 3.17. The second kappa shape index (κ2) is 6.99. The van der Waals surface area contributed by atoms with Crippen molar-refractivity contribution in [2.45, 2.75) is 12.3 Å². The van der Waals surface area contributed by atoms with Gasteiger partial charge in [0, 0.05) is 23.3 Å². The van der Waals surface area contributed by atoms with Gasteiger partial charge in [0.1, 0.15) is 5.01 Å². The van der Waals surface area contributed by atoms with Gasteiger partial charge in [-0.05, 0) is 17.7 Å². The van der Waals surface area contributed by atoms with E-state index in [1.165, 1.54) is 11.3 Å². The first-order valence-corrected chi connectivity index (χ1v) is 9.52. The summed E-state index contributed by atoms with van der Waals surface area (Å²) in [5.74, 6) is -0.0313. The maximum absolute atomic E-state index is 12.1. The van der Waals surface area contributed by atoms with Crippen molar-refractivity contribution in [3.8, 4) is 11.3 Å². The first-order valence-electron chi connectivity index (χ1n) is 6.98. The van der Waals surface area contributed by atoms with Gasteiger partial charge < -0.3 is 0 Å². The van der Waals surface area contributed by atoms with Gasteiger partial charge in [0.15, 0.2) is 0 Å². The van der Waals surface area contributed by atoms with E-state index < -0.39 is 10.0 Å². The predicted molar refractivity (Wildman–Crippen MR) is 91.3 cm³/mol. The Labute approximate surface area is 139 Å². The highest BCUT2D eigenvalue weighted by Crippen LogP contribution is 2.21. The summed E-state index contributed by atoms with van der Waals surface area (Å²) >= 11 is 1.43. The molecule has 0 fully saturated rings. The number of nitrogens with one attached hydrogen (secondary N) is 1. The lowest BCUT2D eigenvalue weighted by Gasteiger charge is -2.05. The van der Waals surface area contributed by atoms with Crippen LogP contribution in [-0.4, -0.2) is 18.4 Å². The molecule has 1 N–H and O–H groups in total. The molecule has 7 heteroatoms. The lowest BCUT2D eigenvalue weighted by atomic mass is 10.2. The van der Waals surface area contributed by atoms with Crippen LogP contribution in [0.3, 0.4) is 0 Å². The average Bonchev–Trinajstić information content (AvgIpc) is 3.04. The highest BCUT2D eigenvalue weighted by Gasteiger charge is 2.12. The first-order chi connectivity index (χ1) is 11.1. The Bertz CT molecular complexity index is 863. The molecule has 0 aliphatic carbocycles. The highest BCUT2D eigenvalue weighted by molar-refractivity contribution is 7.88. The molecule has 0 bridgehead atoms. The molecule has 0 aliphatic heterocycles. The van der Waals surface area contributed by atoms with Gasteiger partial charge in [-0.3, -0.25) is 4.98 Å². The summed E-state index contributed by atoms with van der Waals surface area (Å²) in [6, 6.07) is 12.9. The number of sulfonamides is 1. The number of benzene rings is 1. The van der Waals surface area contributed by atoms with Gasteiger partial charge >= 0.3 is 0 Å². The van der Waals surface area contributed by atoms with Gasteiger partial charge in [0.05, 0.1) is 18.0 Å². The summed E-state index contributed by atoms with van der Waals surface area (Å²) in [6.07, 6.45) is 3.41. The van der Waals surface area contributed by atoms with Gasteiger partial charge in [0.25, 0.3) is 0 Å². The molecular weight excluding hydrogens is 330 g/mol. The average molecular weight is 345 g/mol. The Kier molecular flexibility index (Phi) is 4.80. The van der Waals surface area contributed by atoms with E-state index in [0.29, 0.717) is 0 Å². The molecule has 0 radical (unpaired) electrons. The summed E-state index contributed by atoms with van der Waals surface area (Å²) < 4.78 is 26.8. The fraction of sp³-hybridized carbons (Fsp3) is 0.125. The van der Waals surface area contributed by atoms with E-state index >= 15 is 0 Å². The fourth-order valence-corrected chi connectivity index (χ4v) is 3.99. The smallest absolute Gasteiger partial charge is 0.216 e. The third kappa shape index (κ3) is 4.44. The molecule has 5 nitrogen and oxygen atoms in total. The van der Waals surface area contributed by atoms with Crippen molar-refractivity contribution in [3.05, 3.63) is 70.8 Å². The van der Waals surface area contributed by atoms with Crippen LogP contribution in [0.2, 0.25) is 0 Å². The summed E-state index contributed by atoms with van der Waals surface area (Å²) in [6.45, 7) is 0.199. The van der Waals surface area contributed by atoms with Crippen LogP contribution >= 0.6 is 11.3 Å².